The van der Waals surface area contributed by atoms with Gasteiger partial charge in [0.05, 0.1) is 13.0 Å². The maximum Gasteiger partial charge on any atom is 0.510 e. The SMILES string of the molecule is COc1ccc2cc(C(C)C(=O)OCCSSCCOC(=O)OC(C)O[N+](=O)[O-])ccc2c1. The molecule has 10 nitrogen and oxygen atoms in total. The third-order valence-electron chi connectivity index (χ3n) is 4.30. The van der Waals surface area contributed by atoms with Gasteiger partial charge in [-0.05, 0) is 42.3 Å². The maximum absolute atomic E-state index is 12.4. The molecular formula is C21H25NO9S2. The van der Waals surface area contributed by atoms with Crippen molar-refractivity contribution < 1.29 is 38.5 Å². The predicted octanol–water partition coefficient (Wildman–Crippen LogP) is 4.58. The Labute approximate surface area is 198 Å². The molecule has 180 valence electrons. The zero-order chi connectivity index (χ0) is 24.2. The van der Waals surface area contributed by atoms with Crippen molar-refractivity contribution in [3.63, 3.8) is 0 Å². The van der Waals surface area contributed by atoms with Crippen LogP contribution < -0.4 is 4.74 Å². The van der Waals surface area contributed by atoms with E-state index >= 15 is 0 Å². The van der Waals surface area contributed by atoms with E-state index in [1.54, 1.807) is 7.11 Å². The second-order valence-corrected chi connectivity index (χ2v) is 9.32. The Morgan fingerprint density at radius 2 is 1.64 bits per heavy atom. The number of carbonyl (C=O) groups is 2. The van der Waals surface area contributed by atoms with Crippen LogP contribution >= 0.6 is 21.6 Å². The fourth-order valence-corrected chi connectivity index (χ4v) is 4.32. The van der Waals surface area contributed by atoms with E-state index in [0.717, 1.165) is 22.1 Å². The average Bonchev–Trinajstić information content (AvgIpc) is 2.78. The maximum atomic E-state index is 12.4. The smallest absolute Gasteiger partial charge is 0.497 e. The molecule has 0 spiro atoms. The normalized spacial score (nSPS) is 12.5. The molecule has 0 N–H and O–H groups in total. The molecule has 0 saturated heterocycles. The fraction of sp³-hybridized carbons (Fsp3) is 0.429. The molecule has 33 heavy (non-hydrogen) atoms. The average molecular weight is 500 g/mol. The number of hydrogen-bond donors (Lipinski definition) is 0. The Morgan fingerprint density at radius 3 is 2.30 bits per heavy atom. The van der Waals surface area contributed by atoms with Gasteiger partial charge in [0.15, 0.2) is 0 Å². The van der Waals surface area contributed by atoms with Crippen molar-refractivity contribution in [2.24, 2.45) is 0 Å². The van der Waals surface area contributed by atoms with Crippen molar-refractivity contribution in [1.82, 2.24) is 0 Å². The minimum atomic E-state index is -1.34. The van der Waals surface area contributed by atoms with Crippen LogP contribution in [-0.2, 0) is 23.8 Å². The summed E-state index contributed by atoms with van der Waals surface area (Å²) in [4.78, 5) is 37.8. The van der Waals surface area contributed by atoms with Gasteiger partial charge >= 0.3 is 12.1 Å². The van der Waals surface area contributed by atoms with Gasteiger partial charge in [0.25, 0.3) is 5.09 Å². The van der Waals surface area contributed by atoms with Crippen LogP contribution in [0.5, 0.6) is 5.75 Å². The molecule has 0 aliphatic rings. The van der Waals surface area contributed by atoms with E-state index in [0.29, 0.717) is 11.5 Å². The molecule has 2 aromatic rings. The lowest BCUT2D eigenvalue weighted by Gasteiger charge is -2.13. The Morgan fingerprint density at radius 1 is 1.00 bits per heavy atom. The monoisotopic (exact) mass is 499 g/mol. The van der Waals surface area contributed by atoms with Crippen LogP contribution in [0, 0.1) is 10.1 Å². The van der Waals surface area contributed by atoms with Crippen molar-refractivity contribution in [2.45, 2.75) is 26.1 Å². The molecule has 2 aromatic carbocycles. The second-order valence-electron chi connectivity index (χ2n) is 6.62. The van der Waals surface area contributed by atoms with E-state index in [-0.39, 0.29) is 19.2 Å². The molecule has 12 heteroatoms. The van der Waals surface area contributed by atoms with Crippen molar-refractivity contribution >= 4 is 44.5 Å². The van der Waals surface area contributed by atoms with Gasteiger partial charge in [-0.15, -0.1) is 10.1 Å². The Hall–Kier alpha value is -2.86. The van der Waals surface area contributed by atoms with Crippen molar-refractivity contribution in [2.75, 3.05) is 31.8 Å². The number of rotatable bonds is 13. The molecule has 0 saturated carbocycles. The number of benzene rings is 2. The fourth-order valence-electron chi connectivity index (χ4n) is 2.67. The summed E-state index contributed by atoms with van der Waals surface area (Å²) in [5, 5.41) is 11.1. The minimum absolute atomic E-state index is 0.0618. The summed E-state index contributed by atoms with van der Waals surface area (Å²) in [6.45, 7) is 3.33. The zero-order valence-corrected chi connectivity index (χ0v) is 20.0. The van der Waals surface area contributed by atoms with Crippen LogP contribution in [0.2, 0.25) is 0 Å². The van der Waals surface area contributed by atoms with E-state index in [9.17, 15) is 19.7 Å². The topological polar surface area (TPSA) is 123 Å². The lowest BCUT2D eigenvalue weighted by Crippen LogP contribution is -2.22. The Kier molecular flexibility index (Phi) is 10.9. The van der Waals surface area contributed by atoms with Crippen LogP contribution in [-0.4, -0.2) is 55.3 Å². The lowest BCUT2D eigenvalue weighted by molar-refractivity contribution is -0.777. The van der Waals surface area contributed by atoms with E-state index in [4.69, 9.17) is 14.2 Å². The van der Waals surface area contributed by atoms with E-state index < -0.39 is 23.4 Å². The van der Waals surface area contributed by atoms with E-state index in [2.05, 4.69) is 9.57 Å². The number of methoxy groups -OCH3 is 1. The summed E-state index contributed by atoms with van der Waals surface area (Å²) in [7, 11) is 4.51. The largest absolute Gasteiger partial charge is 0.510 e. The van der Waals surface area contributed by atoms with Gasteiger partial charge in [-0.1, -0.05) is 45.9 Å². The summed E-state index contributed by atoms with van der Waals surface area (Å²) in [6, 6.07) is 11.6. The number of hydrogen-bond acceptors (Lipinski definition) is 11. The van der Waals surface area contributed by atoms with Gasteiger partial charge in [-0.3, -0.25) is 9.63 Å². The molecule has 2 atom stereocenters. The van der Waals surface area contributed by atoms with E-state index in [1.165, 1.54) is 28.5 Å². The number of esters is 1. The number of fused-ring (bicyclic) bond motifs is 1. The summed E-state index contributed by atoms with van der Waals surface area (Å²) in [5.41, 5.74) is 0.877. The van der Waals surface area contributed by atoms with Crippen LogP contribution in [0.25, 0.3) is 10.8 Å². The first-order valence-electron chi connectivity index (χ1n) is 9.93. The molecule has 2 rings (SSSR count). The molecule has 0 amide bonds. The third kappa shape index (κ3) is 9.26. The summed E-state index contributed by atoms with van der Waals surface area (Å²) in [5.74, 6) is 1.12. The molecule has 2 unspecified atom stereocenters. The minimum Gasteiger partial charge on any atom is -0.497 e. The highest BCUT2D eigenvalue weighted by Crippen LogP contribution is 2.26. The molecule has 0 radical (unpaired) electrons. The van der Waals surface area contributed by atoms with Gasteiger partial charge in [-0.25, -0.2) is 4.79 Å². The molecular weight excluding hydrogens is 474 g/mol. The van der Waals surface area contributed by atoms with Gasteiger partial charge in [0, 0.05) is 11.5 Å². The first-order valence-corrected chi connectivity index (χ1v) is 12.4. The van der Waals surface area contributed by atoms with Gasteiger partial charge in [-0.2, -0.15) is 0 Å². The van der Waals surface area contributed by atoms with Crippen LogP contribution in [0.3, 0.4) is 0 Å². The van der Waals surface area contributed by atoms with Gasteiger partial charge in [0.2, 0.25) is 6.29 Å². The summed E-state index contributed by atoms with van der Waals surface area (Å²) >= 11 is 0. The number of nitrogens with zero attached hydrogens (tertiary/aromatic N) is 1. The van der Waals surface area contributed by atoms with Crippen molar-refractivity contribution in [3.05, 3.63) is 52.1 Å². The number of carbonyl (C=O) groups excluding carboxylic acids is 2. The molecule has 0 heterocycles. The molecule has 0 bridgehead atoms. The highest BCUT2D eigenvalue weighted by molar-refractivity contribution is 8.76. The highest BCUT2D eigenvalue weighted by atomic mass is 33.1. The molecule has 0 aliphatic carbocycles. The summed E-state index contributed by atoms with van der Waals surface area (Å²) < 4.78 is 19.9. The van der Waals surface area contributed by atoms with Crippen molar-refractivity contribution in [3.8, 4) is 5.75 Å². The van der Waals surface area contributed by atoms with Crippen LogP contribution in [0.15, 0.2) is 36.4 Å². The van der Waals surface area contributed by atoms with Crippen molar-refractivity contribution in [1.29, 1.82) is 0 Å². The first kappa shape index (κ1) is 26.4. The molecule has 0 aromatic heterocycles. The van der Waals surface area contributed by atoms with Gasteiger partial charge in [0.1, 0.15) is 19.0 Å². The second kappa shape index (κ2) is 13.6. The third-order valence-corrected chi connectivity index (χ3v) is 6.64. The number of ether oxygens (including phenoxy) is 4. The quantitative estimate of drug-likeness (QED) is 0.0960. The Balaban J connectivity index is 1.61. The molecule has 0 fully saturated rings. The predicted molar refractivity (Wildman–Crippen MR) is 125 cm³/mol. The lowest BCUT2D eigenvalue weighted by atomic mass is 9.98. The summed E-state index contributed by atoms with van der Waals surface area (Å²) in [6.07, 6.45) is -2.39. The highest BCUT2D eigenvalue weighted by Gasteiger charge is 2.17. The zero-order valence-electron chi connectivity index (χ0n) is 18.4. The Bertz CT molecular complexity index is 956. The standard InChI is InChI=1S/C21H25NO9S2/c1-14(16-4-5-18-13-19(27-3)7-6-17(18)12-16)20(23)28-8-10-32-33-11-9-29-21(24)30-15(2)31-22(25)26/h4-7,12-15H,8-11H2,1-3H3. The van der Waals surface area contributed by atoms with E-state index in [1.807, 2.05) is 43.3 Å². The first-order chi connectivity index (χ1) is 15.8. The van der Waals surface area contributed by atoms with Gasteiger partial charge < -0.3 is 18.9 Å². The molecule has 0 aliphatic heterocycles. The van der Waals surface area contributed by atoms with Crippen LogP contribution in [0.1, 0.15) is 25.3 Å². The van der Waals surface area contributed by atoms with Crippen LogP contribution in [0.4, 0.5) is 4.79 Å².